The van der Waals surface area contributed by atoms with Crippen LogP contribution in [0.3, 0.4) is 0 Å². The lowest BCUT2D eigenvalue weighted by Gasteiger charge is -2.03. The standard InChI is InChI=1S/C11H11ClO3S/c1-2-15-11(14)7-16-9-4-3-8(6-13)10(12)5-9/h3-6H,2,7H2,1H3. The molecule has 0 aliphatic heterocycles. The Bertz CT molecular complexity index is 393. The molecule has 86 valence electrons. The van der Waals surface area contributed by atoms with Crippen molar-refractivity contribution in [3.8, 4) is 0 Å². The Morgan fingerprint density at radius 1 is 1.56 bits per heavy atom. The third kappa shape index (κ3) is 3.87. The summed E-state index contributed by atoms with van der Waals surface area (Å²) in [4.78, 5) is 22.5. The molecule has 5 heteroatoms. The van der Waals surface area contributed by atoms with Gasteiger partial charge in [0.15, 0.2) is 6.29 Å². The van der Waals surface area contributed by atoms with E-state index < -0.39 is 0 Å². The summed E-state index contributed by atoms with van der Waals surface area (Å²) in [5.41, 5.74) is 0.446. The molecule has 0 saturated carbocycles. The molecule has 16 heavy (non-hydrogen) atoms. The maximum absolute atomic E-state index is 11.1. The lowest BCUT2D eigenvalue weighted by Crippen LogP contribution is -2.06. The third-order valence-electron chi connectivity index (χ3n) is 1.76. The summed E-state index contributed by atoms with van der Waals surface area (Å²) < 4.78 is 4.79. The van der Waals surface area contributed by atoms with Crippen LogP contribution >= 0.6 is 23.4 Å². The van der Waals surface area contributed by atoms with Gasteiger partial charge in [-0.25, -0.2) is 0 Å². The van der Waals surface area contributed by atoms with Gasteiger partial charge < -0.3 is 4.74 Å². The molecule has 0 spiro atoms. The molecule has 1 aromatic rings. The van der Waals surface area contributed by atoms with Gasteiger partial charge in [-0.2, -0.15) is 0 Å². The van der Waals surface area contributed by atoms with Crippen molar-refractivity contribution in [2.24, 2.45) is 0 Å². The van der Waals surface area contributed by atoms with Gasteiger partial charge in [-0.3, -0.25) is 9.59 Å². The first-order valence-electron chi connectivity index (χ1n) is 4.70. The van der Waals surface area contributed by atoms with E-state index in [-0.39, 0.29) is 11.7 Å². The van der Waals surface area contributed by atoms with Gasteiger partial charge in [0.25, 0.3) is 0 Å². The molecule has 0 unspecified atom stereocenters. The number of carbonyl (C=O) groups excluding carboxylic acids is 2. The average molecular weight is 259 g/mol. The van der Waals surface area contributed by atoms with Gasteiger partial charge in [-0.15, -0.1) is 11.8 Å². The van der Waals surface area contributed by atoms with Gasteiger partial charge in [0.1, 0.15) is 0 Å². The number of rotatable bonds is 5. The highest BCUT2D eigenvalue weighted by atomic mass is 35.5. The van der Waals surface area contributed by atoms with Crippen molar-refractivity contribution in [1.82, 2.24) is 0 Å². The van der Waals surface area contributed by atoms with Gasteiger partial charge in [0.2, 0.25) is 0 Å². The Labute approximate surface area is 103 Å². The zero-order chi connectivity index (χ0) is 12.0. The highest BCUT2D eigenvalue weighted by Gasteiger charge is 2.05. The molecule has 3 nitrogen and oxygen atoms in total. The van der Waals surface area contributed by atoms with Crippen molar-refractivity contribution in [3.05, 3.63) is 28.8 Å². The molecule has 0 amide bonds. The van der Waals surface area contributed by atoms with E-state index in [0.29, 0.717) is 23.5 Å². The maximum atomic E-state index is 11.1. The summed E-state index contributed by atoms with van der Waals surface area (Å²) in [7, 11) is 0. The zero-order valence-corrected chi connectivity index (χ0v) is 10.3. The zero-order valence-electron chi connectivity index (χ0n) is 8.73. The number of hydrogen-bond acceptors (Lipinski definition) is 4. The fourth-order valence-corrected chi connectivity index (χ4v) is 2.06. The monoisotopic (exact) mass is 258 g/mol. The summed E-state index contributed by atoms with van der Waals surface area (Å²) in [6.07, 6.45) is 0.697. The average Bonchev–Trinajstić information content (AvgIpc) is 2.27. The highest BCUT2D eigenvalue weighted by molar-refractivity contribution is 8.00. The molecule has 0 atom stereocenters. The summed E-state index contributed by atoms with van der Waals surface area (Å²) in [5.74, 6) is -0.0204. The first kappa shape index (κ1) is 13.1. The van der Waals surface area contributed by atoms with Gasteiger partial charge in [0, 0.05) is 10.5 Å². The van der Waals surface area contributed by atoms with Crippen molar-refractivity contribution in [2.75, 3.05) is 12.4 Å². The normalized spacial score (nSPS) is 9.88. The molecule has 0 fully saturated rings. The number of halogens is 1. The number of thioether (sulfide) groups is 1. The van der Waals surface area contributed by atoms with Crippen LogP contribution in [0, 0.1) is 0 Å². The van der Waals surface area contributed by atoms with Crippen LogP contribution in [0.15, 0.2) is 23.1 Å². The van der Waals surface area contributed by atoms with Crippen LogP contribution in [0.1, 0.15) is 17.3 Å². The number of ether oxygens (including phenoxy) is 1. The quantitative estimate of drug-likeness (QED) is 0.463. The SMILES string of the molecule is CCOC(=O)CSc1ccc(C=O)c(Cl)c1. The predicted molar refractivity (Wildman–Crippen MR) is 64.2 cm³/mol. The molecule has 0 saturated heterocycles. The molecule has 1 aromatic carbocycles. The van der Waals surface area contributed by atoms with E-state index >= 15 is 0 Å². The Hall–Kier alpha value is -1.00. The Morgan fingerprint density at radius 3 is 2.88 bits per heavy atom. The van der Waals surface area contributed by atoms with Crippen molar-refractivity contribution in [1.29, 1.82) is 0 Å². The van der Waals surface area contributed by atoms with Gasteiger partial charge in [-0.1, -0.05) is 11.6 Å². The number of carbonyl (C=O) groups is 2. The van der Waals surface area contributed by atoms with Crippen LogP contribution in [0.5, 0.6) is 0 Å². The largest absolute Gasteiger partial charge is 0.465 e. The number of benzene rings is 1. The van der Waals surface area contributed by atoms with Crippen molar-refractivity contribution >= 4 is 35.6 Å². The van der Waals surface area contributed by atoms with Crippen LogP contribution in [0.25, 0.3) is 0 Å². The first-order valence-corrected chi connectivity index (χ1v) is 6.07. The fraction of sp³-hybridized carbons (Fsp3) is 0.273. The highest BCUT2D eigenvalue weighted by Crippen LogP contribution is 2.24. The number of aldehydes is 1. The van der Waals surface area contributed by atoms with E-state index in [1.807, 2.05) is 0 Å². The fourth-order valence-electron chi connectivity index (χ4n) is 1.04. The van der Waals surface area contributed by atoms with Crippen molar-refractivity contribution in [3.63, 3.8) is 0 Å². The molecule has 0 heterocycles. The molecular formula is C11H11ClO3S. The predicted octanol–water partition coefficient (Wildman–Crippen LogP) is 2.81. The molecule has 1 rings (SSSR count). The van der Waals surface area contributed by atoms with Crippen molar-refractivity contribution < 1.29 is 14.3 Å². The Kier molecular flexibility index (Phi) is 5.35. The molecule has 0 radical (unpaired) electrons. The van der Waals surface area contributed by atoms with Gasteiger partial charge >= 0.3 is 5.97 Å². The summed E-state index contributed by atoms with van der Waals surface area (Å²) in [5, 5.41) is 0.392. The van der Waals surface area contributed by atoms with E-state index in [0.717, 1.165) is 4.90 Å². The Balaban J connectivity index is 2.58. The van der Waals surface area contributed by atoms with E-state index in [4.69, 9.17) is 16.3 Å². The second-order valence-electron chi connectivity index (χ2n) is 2.89. The van der Waals surface area contributed by atoms with Crippen LogP contribution < -0.4 is 0 Å². The minimum Gasteiger partial charge on any atom is -0.465 e. The first-order chi connectivity index (χ1) is 7.67. The molecule has 0 N–H and O–H groups in total. The second-order valence-corrected chi connectivity index (χ2v) is 4.35. The smallest absolute Gasteiger partial charge is 0.316 e. The Morgan fingerprint density at radius 2 is 2.31 bits per heavy atom. The minimum absolute atomic E-state index is 0.241. The number of hydrogen-bond donors (Lipinski definition) is 0. The molecular weight excluding hydrogens is 248 g/mol. The second kappa shape index (κ2) is 6.55. The van der Waals surface area contributed by atoms with E-state index in [2.05, 4.69) is 0 Å². The maximum Gasteiger partial charge on any atom is 0.316 e. The topological polar surface area (TPSA) is 43.4 Å². The van der Waals surface area contributed by atoms with E-state index in [1.54, 1.807) is 25.1 Å². The van der Waals surface area contributed by atoms with E-state index in [9.17, 15) is 9.59 Å². The van der Waals surface area contributed by atoms with Crippen molar-refractivity contribution in [2.45, 2.75) is 11.8 Å². The van der Waals surface area contributed by atoms with E-state index in [1.165, 1.54) is 11.8 Å². The number of esters is 1. The lowest BCUT2D eigenvalue weighted by atomic mass is 10.2. The van der Waals surface area contributed by atoms with Crippen LogP contribution in [0.4, 0.5) is 0 Å². The third-order valence-corrected chi connectivity index (χ3v) is 3.06. The van der Waals surface area contributed by atoms with Gasteiger partial charge in [-0.05, 0) is 25.1 Å². The van der Waals surface area contributed by atoms with Gasteiger partial charge in [0.05, 0.1) is 17.4 Å². The molecule has 0 aliphatic carbocycles. The van der Waals surface area contributed by atoms with Crippen LogP contribution in [-0.4, -0.2) is 24.6 Å². The summed E-state index contributed by atoms with van der Waals surface area (Å²) >= 11 is 7.17. The summed E-state index contributed by atoms with van der Waals surface area (Å²) in [6, 6.07) is 5.04. The van der Waals surface area contributed by atoms with Crippen LogP contribution in [0.2, 0.25) is 5.02 Å². The minimum atomic E-state index is -0.261. The molecule has 0 bridgehead atoms. The molecule has 0 aromatic heterocycles. The summed E-state index contributed by atoms with van der Waals surface area (Å²) in [6.45, 7) is 2.14. The lowest BCUT2D eigenvalue weighted by molar-refractivity contribution is -0.139. The van der Waals surface area contributed by atoms with Crippen LogP contribution in [-0.2, 0) is 9.53 Å². The molecule has 0 aliphatic rings.